The maximum atomic E-state index is 11.5. The highest BCUT2D eigenvalue weighted by molar-refractivity contribution is 5.89. The van der Waals surface area contributed by atoms with E-state index in [-0.39, 0.29) is 5.97 Å². The highest BCUT2D eigenvalue weighted by Crippen LogP contribution is 2.26. The molecular formula is C32H32N2O4. The Balaban J connectivity index is 1.31. The normalized spacial score (nSPS) is 10.5. The molecule has 0 aliphatic carbocycles. The molecule has 0 aliphatic heterocycles. The molecule has 0 unspecified atom stereocenters. The number of esters is 1. The van der Waals surface area contributed by atoms with Gasteiger partial charge in [-0.25, -0.2) is 4.79 Å². The van der Waals surface area contributed by atoms with Crippen molar-refractivity contribution in [3.63, 3.8) is 0 Å². The summed E-state index contributed by atoms with van der Waals surface area (Å²) in [4.78, 5) is 11.5. The average Bonchev–Trinajstić information content (AvgIpc) is 3.46. The van der Waals surface area contributed by atoms with E-state index in [1.54, 1.807) is 24.3 Å². The molecule has 0 N–H and O–H groups in total. The third-order valence-corrected chi connectivity index (χ3v) is 6.08. The summed E-state index contributed by atoms with van der Waals surface area (Å²) in [6, 6.07) is 22.3. The molecule has 6 heteroatoms. The number of carbonyl (C=O) groups is 1. The second-order valence-corrected chi connectivity index (χ2v) is 8.95. The van der Waals surface area contributed by atoms with Crippen molar-refractivity contribution in [1.29, 1.82) is 0 Å². The van der Waals surface area contributed by atoms with Gasteiger partial charge in [0.2, 0.25) is 11.8 Å². The van der Waals surface area contributed by atoms with Gasteiger partial charge in [-0.3, -0.25) is 0 Å². The molecule has 1 aromatic heterocycles. The van der Waals surface area contributed by atoms with Gasteiger partial charge in [0.25, 0.3) is 0 Å². The zero-order chi connectivity index (χ0) is 26.6. The van der Waals surface area contributed by atoms with Crippen LogP contribution in [0.5, 0.6) is 5.75 Å². The first-order chi connectivity index (χ1) is 18.7. The molecule has 0 spiro atoms. The molecule has 0 saturated carbocycles. The van der Waals surface area contributed by atoms with E-state index in [1.807, 2.05) is 48.5 Å². The van der Waals surface area contributed by atoms with Crippen LogP contribution >= 0.6 is 0 Å². The summed E-state index contributed by atoms with van der Waals surface area (Å²) in [7, 11) is 1.36. The van der Waals surface area contributed by atoms with E-state index in [4.69, 9.17) is 13.9 Å². The van der Waals surface area contributed by atoms with Crippen molar-refractivity contribution in [2.24, 2.45) is 0 Å². The van der Waals surface area contributed by atoms with Gasteiger partial charge in [-0.1, -0.05) is 50.9 Å². The van der Waals surface area contributed by atoms with Crippen molar-refractivity contribution >= 4 is 5.97 Å². The topological polar surface area (TPSA) is 74.5 Å². The van der Waals surface area contributed by atoms with E-state index < -0.39 is 0 Å². The number of carbonyl (C=O) groups excluding carboxylic acids is 1. The number of unbranched alkanes of at least 4 members (excludes halogenated alkanes) is 5. The number of rotatable bonds is 11. The van der Waals surface area contributed by atoms with Crippen molar-refractivity contribution in [2.75, 3.05) is 13.7 Å². The van der Waals surface area contributed by atoms with E-state index in [0.29, 0.717) is 17.3 Å². The largest absolute Gasteiger partial charge is 0.494 e. The van der Waals surface area contributed by atoms with Gasteiger partial charge in [0, 0.05) is 22.3 Å². The summed E-state index contributed by atoms with van der Waals surface area (Å²) < 4.78 is 16.5. The number of methoxy groups -OCH3 is 1. The van der Waals surface area contributed by atoms with Crippen LogP contribution < -0.4 is 4.74 Å². The summed E-state index contributed by atoms with van der Waals surface area (Å²) >= 11 is 0. The van der Waals surface area contributed by atoms with Crippen molar-refractivity contribution in [1.82, 2.24) is 10.2 Å². The third kappa shape index (κ3) is 7.57. The number of benzene rings is 3. The minimum Gasteiger partial charge on any atom is -0.494 e. The maximum absolute atomic E-state index is 11.5. The van der Waals surface area contributed by atoms with Gasteiger partial charge in [-0.05, 0) is 79.2 Å². The first kappa shape index (κ1) is 26.7. The van der Waals surface area contributed by atoms with Gasteiger partial charge in [0.15, 0.2) is 0 Å². The molecule has 0 atom stereocenters. The monoisotopic (exact) mass is 508 g/mol. The lowest BCUT2D eigenvalue weighted by Crippen LogP contribution is -2.00. The fourth-order valence-electron chi connectivity index (χ4n) is 3.87. The van der Waals surface area contributed by atoms with Gasteiger partial charge in [0.05, 0.1) is 19.3 Å². The van der Waals surface area contributed by atoms with E-state index in [1.165, 1.54) is 39.2 Å². The Kier molecular flexibility index (Phi) is 9.69. The summed E-state index contributed by atoms with van der Waals surface area (Å²) in [5, 5.41) is 8.42. The molecule has 1 heterocycles. The van der Waals surface area contributed by atoms with Crippen molar-refractivity contribution in [3.05, 3.63) is 89.5 Å². The Bertz CT molecular complexity index is 1360. The van der Waals surface area contributed by atoms with Crippen molar-refractivity contribution in [2.45, 2.75) is 45.4 Å². The number of aromatic nitrogens is 2. The lowest BCUT2D eigenvalue weighted by atomic mass is 10.1. The predicted octanol–water partition coefficient (Wildman–Crippen LogP) is 7.33. The number of hydrogen-bond acceptors (Lipinski definition) is 6. The molecule has 3 aromatic carbocycles. The molecule has 6 nitrogen and oxygen atoms in total. The average molecular weight is 509 g/mol. The minimum atomic E-state index is -0.367. The summed E-state index contributed by atoms with van der Waals surface area (Å²) in [5.74, 6) is 7.60. The SMILES string of the molecule is CCCCCCCCOc1ccc(-c2nnc(-c3ccc(C#Cc4ccc(C(=O)OC)cc4)cc3)o2)cc1. The van der Waals surface area contributed by atoms with E-state index in [2.05, 4.69) is 29.0 Å². The van der Waals surface area contributed by atoms with Gasteiger partial charge in [-0.2, -0.15) is 0 Å². The van der Waals surface area contributed by atoms with Crippen LogP contribution in [0.4, 0.5) is 0 Å². The quantitative estimate of drug-likeness (QED) is 0.120. The molecule has 0 radical (unpaired) electrons. The standard InChI is InChI=1S/C32H32N2O4/c1-3-4-5-6-7-8-23-37-29-21-19-27(20-22-29)31-34-33-30(38-31)26-15-11-24(12-16-26)9-10-25-13-17-28(18-14-25)32(35)36-2/h11-22H,3-8,23H2,1-2H3. The van der Waals surface area contributed by atoms with E-state index in [9.17, 15) is 4.79 Å². The molecule has 0 aliphatic rings. The Labute approximate surface area is 224 Å². The zero-order valence-electron chi connectivity index (χ0n) is 21.9. The summed E-state index contributed by atoms with van der Waals surface area (Å²) in [6.45, 7) is 2.97. The fraction of sp³-hybridized carbons (Fsp3) is 0.281. The summed E-state index contributed by atoms with van der Waals surface area (Å²) in [6.07, 6.45) is 7.46. The molecule has 4 rings (SSSR count). The predicted molar refractivity (Wildman–Crippen MR) is 148 cm³/mol. The summed E-state index contributed by atoms with van der Waals surface area (Å²) in [5.41, 5.74) is 3.81. The van der Waals surface area contributed by atoms with E-state index in [0.717, 1.165) is 41.0 Å². The highest BCUT2D eigenvalue weighted by atomic mass is 16.5. The molecular weight excluding hydrogens is 476 g/mol. The van der Waals surface area contributed by atoms with Gasteiger partial charge < -0.3 is 13.9 Å². The lowest BCUT2D eigenvalue weighted by Gasteiger charge is -2.06. The molecule has 194 valence electrons. The van der Waals surface area contributed by atoms with Gasteiger partial charge >= 0.3 is 5.97 Å². The van der Waals surface area contributed by atoms with Crippen LogP contribution in [0.25, 0.3) is 22.9 Å². The van der Waals surface area contributed by atoms with Crippen molar-refractivity contribution < 1.29 is 18.7 Å². The minimum absolute atomic E-state index is 0.367. The van der Waals surface area contributed by atoms with E-state index >= 15 is 0 Å². The molecule has 0 amide bonds. The first-order valence-corrected chi connectivity index (χ1v) is 13.0. The third-order valence-electron chi connectivity index (χ3n) is 6.08. The zero-order valence-corrected chi connectivity index (χ0v) is 21.9. The highest BCUT2D eigenvalue weighted by Gasteiger charge is 2.11. The Hall–Kier alpha value is -4.37. The first-order valence-electron chi connectivity index (χ1n) is 13.0. The molecule has 0 bridgehead atoms. The molecule has 4 aromatic rings. The number of hydrogen-bond donors (Lipinski definition) is 0. The van der Waals surface area contributed by atoms with Gasteiger partial charge in [0.1, 0.15) is 5.75 Å². The van der Waals surface area contributed by atoms with Crippen molar-refractivity contribution in [3.8, 4) is 40.5 Å². The van der Waals surface area contributed by atoms with Crippen LogP contribution in [0.1, 0.15) is 66.9 Å². The van der Waals surface area contributed by atoms with Crippen LogP contribution in [-0.4, -0.2) is 29.9 Å². The Morgan fingerprint density at radius 3 is 1.84 bits per heavy atom. The van der Waals surface area contributed by atoms with Crippen LogP contribution in [0, 0.1) is 11.8 Å². The lowest BCUT2D eigenvalue weighted by molar-refractivity contribution is 0.0600. The molecule has 38 heavy (non-hydrogen) atoms. The second-order valence-electron chi connectivity index (χ2n) is 8.95. The number of nitrogens with zero attached hydrogens (tertiary/aromatic N) is 2. The number of ether oxygens (including phenoxy) is 2. The van der Waals surface area contributed by atoms with Gasteiger partial charge in [-0.15, -0.1) is 10.2 Å². The van der Waals surface area contributed by atoms with Crippen LogP contribution in [0.3, 0.4) is 0 Å². The molecule has 0 fully saturated rings. The molecule has 0 saturated heterocycles. The fourth-order valence-corrected chi connectivity index (χ4v) is 3.87. The Morgan fingerprint density at radius 1 is 0.737 bits per heavy atom. The van der Waals surface area contributed by atoms with Crippen LogP contribution in [0.15, 0.2) is 77.2 Å². The van der Waals surface area contributed by atoms with Crippen LogP contribution in [-0.2, 0) is 4.74 Å². The smallest absolute Gasteiger partial charge is 0.337 e. The second kappa shape index (κ2) is 13.8. The van der Waals surface area contributed by atoms with Crippen LogP contribution in [0.2, 0.25) is 0 Å². The Morgan fingerprint density at radius 2 is 1.26 bits per heavy atom. The maximum Gasteiger partial charge on any atom is 0.337 e.